The number of aliphatic carboxylic acids is 1. The summed E-state index contributed by atoms with van der Waals surface area (Å²) < 4.78 is 0. The van der Waals surface area contributed by atoms with Crippen LogP contribution in [0.15, 0.2) is 0 Å². The summed E-state index contributed by atoms with van der Waals surface area (Å²) in [6.45, 7) is 5.03. The van der Waals surface area contributed by atoms with E-state index in [1.807, 2.05) is 0 Å². The Kier molecular flexibility index (Phi) is 4.83. The molecule has 1 saturated heterocycles. The number of thioether (sulfide) groups is 1. The van der Waals surface area contributed by atoms with Gasteiger partial charge in [0.05, 0.1) is 0 Å². The lowest BCUT2D eigenvalue weighted by Gasteiger charge is -2.37. The molecule has 1 aliphatic heterocycles. The Bertz CT molecular complexity index is 377. The van der Waals surface area contributed by atoms with E-state index in [9.17, 15) is 14.7 Å². The number of rotatable bonds is 2. The summed E-state index contributed by atoms with van der Waals surface area (Å²) in [7, 11) is 0. The van der Waals surface area contributed by atoms with Crippen LogP contribution in [0.4, 0.5) is 4.79 Å². The van der Waals surface area contributed by atoms with Crippen LogP contribution in [0.2, 0.25) is 0 Å². The maximum atomic E-state index is 12.3. The van der Waals surface area contributed by atoms with Crippen LogP contribution in [0.25, 0.3) is 0 Å². The SMILES string of the molecule is CC1(C)CCC(NC(=O)N2CCSCC2C(=O)O)CC1. The molecule has 2 aliphatic rings. The predicted octanol–water partition coefficient (Wildman–Crippen LogP) is 2.17. The Labute approximate surface area is 124 Å². The normalized spacial score (nSPS) is 27.1. The van der Waals surface area contributed by atoms with Crippen molar-refractivity contribution >= 4 is 23.8 Å². The Morgan fingerprint density at radius 1 is 1.30 bits per heavy atom. The molecule has 0 spiro atoms. The van der Waals surface area contributed by atoms with E-state index >= 15 is 0 Å². The summed E-state index contributed by atoms with van der Waals surface area (Å²) in [5, 5.41) is 12.2. The summed E-state index contributed by atoms with van der Waals surface area (Å²) in [5.74, 6) is 0.396. The molecule has 2 rings (SSSR count). The van der Waals surface area contributed by atoms with Crippen LogP contribution in [0, 0.1) is 5.41 Å². The van der Waals surface area contributed by atoms with E-state index in [1.54, 1.807) is 11.8 Å². The third-order valence-electron chi connectivity index (χ3n) is 4.34. The van der Waals surface area contributed by atoms with Crippen molar-refractivity contribution in [1.82, 2.24) is 10.2 Å². The summed E-state index contributed by atoms with van der Waals surface area (Å²) in [6, 6.07) is -0.698. The standard InChI is InChI=1S/C14H24N2O3S/c1-14(2)5-3-10(4-6-14)15-13(19)16-7-8-20-9-11(16)12(17)18/h10-11H,3-9H2,1-2H3,(H,15,19)(H,17,18). The van der Waals surface area contributed by atoms with Crippen LogP contribution in [0.5, 0.6) is 0 Å². The number of amides is 2. The van der Waals surface area contributed by atoms with Crippen molar-refractivity contribution in [3.63, 3.8) is 0 Å². The second-order valence-electron chi connectivity index (χ2n) is 6.51. The van der Waals surface area contributed by atoms with E-state index in [2.05, 4.69) is 19.2 Å². The molecule has 114 valence electrons. The molecule has 1 atom stereocenters. The van der Waals surface area contributed by atoms with Crippen molar-refractivity contribution in [2.75, 3.05) is 18.1 Å². The van der Waals surface area contributed by atoms with Gasteiger partial charge < -0.3 is 15.3 Å². The molecule has 2 fully saturated rings. The van der Waals surface area contributed by atoms with Crippen LogP contribution >= 0.6 is 11.8 Å². The van der Waals surface area contributed by atoms with Gasteiger partial charge in [-0.15, -0.1) is 0 Å². The second-order valence-corrected chi connectivity index (χ2v) is 7.66. The monoisotopic (exact) mass is 300 g/mol. The lowest BCUT2D eigenvalue weighted by atomic mass is 9.75. The lowest BCUT2D eigenvalue weighted by Crippen LogP contribution is -2.55. The van der Waals surface area contributed by atoms with Gasteiger partial charge in [0.15, 0.2) is 0 Å². The maximum Gasteiger partial charge on any atom is 0.327 e. The van der Waals surface area contributed by atoms with Crippen LogP contribution < -0.4 is 5.32 Å². The zero-order chi connectivity index (χ0) is 14.8. The van der Waals surface area contributed by atoms with Gasteiger partial charge in [-0.2, -0.15) is 11.8 Å². The summed E-state index contributed by atoms with van der Waals surface area (Å²) in [6.07, 6.45) is 4.18. The van der Waals surface area contributed by atoms with Crippen molar-refractivity contribution in [2.45, 2.75) is 51.6 Å². The molecule has 2 N–H and O–H groups in total. The van der Waals surface area contributed by atoms with E-state index in [-0.39, 0.29) is 12.1 Å². The fraction of sp³-hybridized carbons (Fsp3) is 0.857. The van der Waals surface area contributed by atoms with Crippen molar-refractivity contribution in [3.05, 3.63) is 0 Å². The first-order valence-electron chi connectivity index (χ1n) is 7.27. The molecule has 20 heavy (non-hydrogen) atoms. The molecule has 0 radical (unpaired) electrons. The second kappa shape index (κ2) is 6.24. The Morgan fingerprint density at radius 3 is 2.55 bits per heavy atom. The fourth-order valence-electron chi connectivity index (χ4n) is 2.85. The largest absolute Gasteiger partial charge is 0.480 e. The zero-order valence-electron chi connectivity index (χ0n) is 12.2. The third-order valence-corrected chi connectivity index (χ3v) is 5.36. The molecule has 0 aromatic rings. The Balaban J connectivity index is 1.89. The Hall–Kier alpha value is -0.910. The average Bonchev–Trinajstić information content (AvgIpc) is 2.41. The first-order chi connectivity index (χ1) is 9.39. The molecule has 1 heterocycles. The number of carbonyl (C=O) groups excluding carboxylic acids is 1. The van der Waals surface area contributed by atoms with Gasteiger partial charge in [-0.1, -0.05) is 13.8 Å². The molecule has 5 nitrogen and oxygen atoms in total. The van der Waals surface area contributed by atoms with Crippen molar-refractivity contribution in [3.8, 4) is 0 Å². The van der Waals surface area contributed by atoms with Gasteiger partial charge in [-0.05, 0) is 31.1 Å². The highest BCUT2D eigenvalue weighted by Gasteiger charge is 2.34. The minimum Gasteiger partial charge on any atom is -0.480 e. The summed E-state index contributed by atoms with van der Waals surface area (Å²) in [4.78, 5) is 25.0. The lowest BCUT2D eigenvalue weighted by molar-refractivity contribution is -0.141. The van der Waals surface area contributed by atoms with Crippen molar-refractivity contribution in [2.24, 2.45) is 5.41 Å². The summed E-state index contributed by atoms with van der Waals surface area (Å²) in [5.41, 5.74) is 0.368. The first-order valence-corrected chi connectivity index (χ1v) is 8.42. The van der Waals surface area contributed by atoms with Gasteiger partial charge in [0, 0.05) is 24.1 Å². The van der Waals surface area contributed by atoms with Gasteiger partial charge >= 0.3 is 12.0 Å². The predicted molar refractivity (Wildman–Crippen MR) is 80.0 cm³/mol. The highest BCUT2D eigenvalue weighted by Crippen LogP contribution is 2.35. The molecule has 1 aliphatic carbocycles. The smallest absolute Gasteiger partial charge is 0.327 e. The zero-order valence-corrected chi connectivity index (χ0v) is 13.0. The minimum atomic E-state index is -0.905. The number of nitrogens with zero attached hydrogens (tertiary/aromatic N) is 1. The van der Waals surface area contributed by atoms with Gasteiger partial charge in [-0.25, -0.2) is 9.59 Å². The molecular weight excluding hydrogens is 276 g/mol. The van der Waals surface area contributed by atoms with Gasteiger partial charge in [0.25, 0.3) is 0 Å². The van der Waals surface area contributed by atoms with E-state index < -0.39 is 12.0 Å². The van der Waals surface area contributed by atoms with Crippen LogP contribution in [-0.4, -0.2) is 52.1 Å². The average molecular weight is 300 g/mol. The third kappa shape index (κ3) is 3.81. The number of hydrogen-bond acceptors (Lipinski definition) is 3. The molecule has 0 aromatic heterocycles. The van der Waals surface area contributed by atoms with Gasteiger partial charge in [0.1, 0.15) is 6.04 Å². The number of nitrogens with one attached hydrogen (secondary N) is 1. The number of carbonyl (C=O) groups is 2. The Morgan fingerprint density at radius 2 is 1.95 bits per heavy atom. The van der Waals surface area contributed by atoms with E-state index in [0.717, 1.165) is 31.4 Å². The fourth-order valence-corrected chi connectivity index (χ4v) is 3.89. The summed E-state index contributed by atoms with van der Waals surface area (Å²) >= 11 is 1.60. The van der Waals surface area contributed by atoms with Crippen molar-refractivity contribution in [1.29, 1.82) is 0 Å². The van der Waals surface area contributed by atoms with Gasteiger partial charge in [0.2, 0.25) is 0 Å². The molecule has 1 unspecified atom stereocenters. The maximum absolute atomic E-state index is 12.3. The highest BCUT2D eigenvalue weighted by molar-refractivity contribution is 7.99. The van der Waals surface area contributed by atoms with E-state index in [0.29, 0.717) is 17.7 Å². The molecular formula is C14H24N2O3S. The minimum absolute atomic E-state index is 0.194. The highest BCUT2D eigenvalue weighted by atomic mass is 32.2. The first kappa shape index (κ1) is 15.5. The number of carboxylic acids is 1. The topological polar surface area (TPSA) is 69.6 Å². The van der Waals surface area contributed by atoms with Crippen LogP contribution in [0.1, 0.15) is 39.5 Å². The molecule has 0 bridgehead atoms. The quantitative estimate of drug-likeness (QED) is 0.820. The van der Waals surface area contributed by atoms with Crippen LogP contribution in [0.3, 0.4) is 0 Å². The van der Waals surface area contributed by atoms with Crippen molar-refractivity contribution < 1.29 is 14.7 Å². The molecule has 2 amide bonds. The molecule has 0 aromatic carbocycles. The van der Waals surface area contributed by atoms with Gasteiger partial charge in [-0.3, -0.25) is 0 Å². The van der Waals surface area contributed by atoms with Crippen LogP contribution in [-0.2, 0) is 4.79 Å². The van der Waals surface area contributed by atoms with E-state index in [1.165, 1.54) is 4.90 Å². The number of urea groups is 1. The van der Waals surface area contributed by atoms with E-state index in [4.69, 9.17) is 0 Å². The number of hydrogen-bond donors (Lipinski definition) is 2. The number of carboxylic acid groups (broad SMARTS) is 1. The molecule has 1 saturated carbocycles. The molecule has 6 heteroatoms.